The van der Waals surface area contributed by atoms with Gasteiger partial charge in [-0.3, -0.25) is 4.79 Å². The molecule has 1 aliphatic heterocycles. The van der Waals surface area contributed by atoms with E-state index < -0.39 is 0 Å². The Bertz CT molecular complexity index is 1150. The van der Waals surface area contributed by atoms with E-state index in [1.807, 2.05) is 44.3 Å². The first-order valence-corrected chi connectivity index (χ1v) is 13.4. The number of hydrogen-bond acceptors (Lipinski definition) is 5. The minimum absolute atomic E-state index is 0.155. The van der Waals surface area contributed by atoms with Gasteiger partial charge in [-0.15, -0.1) is 0 Å². The molecule has 2 aliphatic rings. The van der Waals surface area contributed by atoms with E-state index in [0.29, 0.717) is 12.3 Å². The van der Waals surface area contributed by atoms with Gasteiger partial charge in [-0.25, -0.2) is 9.50 Å². The van der Waals surface area contributed by atoms with Crippen LogP contribution in [-0.2, 0) is 12.8 Å². The van der Waals surface area contributed by atoms with Crippen LogP contribution in [0.1, 0.15) is 74.0 Å². The van der Waals surface area contributed by atoms with Crippen LogP contribution in [0.3, 0.4) is 0 Å². The van der Waals surface area contributed by atoms with Crippen LogP contribution in [0.25, 0.3) is 5.52 Å². The summed E-state index contributed by atoms with van der Waals surface area (Å²) in [6, 6.07) is 10.1. The van der Waals surface area contributed by atoms with Crippen molar-refractivity contribution in [2.75, 3.05) is 19.6 Å². The quantitative estimate of drug-likeness (QED) is 0.410. The molecular weight excluding hydrogens is 436 g/mol. The Morgan fingerprint density at radius 2 is 1.86 bits per heavy atom. The van der Waals surface area contributed by atoms with Gasteiger partial charge in [-0.1, -0.05) is 25.0 Å². The lowest BCUT2D eigenvalue weighted by molar-refractivity contribution is 0.0942. The number of rotatable bonds is 8. The number of aromatic nitrogens is 3. The molecule has 0 radical (unpaired) electrons. The predicted molar refractivity (Wildman–Crippen MR) is 138 cm³/mol. The normalized spacial score (nSPS) is 21.1. The molecule has 6 heteroatoms. The van der Waals surface area contributed by atoms with Gasteiger partial charge >= 0.3 is 0 Å². The van der Waals surface area contributed by atoms with Crippen LogP contribution in [0.5, 0.6) is 5.88 Å². The number of hydrogen-bond donors (Lipinski definition) is 0. The lowest BCUT2D eigenvalue weighted by Crippen LogP contribution is -2.29. The summed E-state index contributed by atoms with van der Waals surface area (Å²) in [4.78, 5) is 20.3. The molecule has 0 aromatic carbocycles. The topological polar surface area (TPSA) is 59.7 Å². The maximum atomic E-state index is 12.9. The molecule has 35 heavy (non-hydrogen) atoms. The van der Waals surface area contributed by atoms with E-state index in [1.54, 1.807) is 10.7 Å². The number of nitrogens with zero attached hydrogens (tertiary/aromatic N) is 4. The van der Waals surface area contributed by atoms with Crippen molar-refractivity contribution in [3.8, 4) is 5.88 Å². The number of ether oxygens (including phenoxy) is 1. The monoisotopic (exact) mass is 474 g/mol. The first-order chi connectivity index (χ1) is 17.0. The van der Waals surface area contributed by atoms with Crippen molar-refractivity contribution in [2.45, 2.75) is 71.3 Å². The molecule has 0 spiro atoms. The van der Waals surface area contributed by atoms with E-state index in [0.717, 1.165) is 48.8 Å². The van der Waals surface area contributed by atoms with Crippen LogP contribution >= 0.6 is 0 Å². The third kappa shape index (κ3) is 5.92. The lowest BCUT2D eigenvalue weighted by atomic mass is 9.78. The zero-order valence-corrected chi connectivity index (χ0v) is 21.2. The number of carbonyl (C=O) groups excluding carboxylic acids is 1. The van der Waals surface area contributed by atoms with E-state index in [9.17, 15) is 4.79 Å². The minimum atomic E-state index is 0.155. The Labute approximate surface area is 208 Å². The summed E-state index contributed by atoms with van der Waals surface area (Å²) < 4.78 is 7.59. The molecule has 1 aliphatic carbocycles. The van der Waals surface area contributed by atoms with Crippen molar-refractivity contribution < 1.29 is 9.53 Å². The molecule has 0 unspecified atom stereocenters. The SMILES string of the molecule is CC(C)Oc1ccc2c(n1)CCN(CCC1CCC(CC(=O)c3cnn4ccccc34)CC1)CC2. The molecule has 1 fully saturated rings. The molecule has 0 bridgehead atoms. The van der Waals surface area contributed by atoms with Crippen molar-refractivity contribution in [1.82, 2.24) is 19.5 Å². The molecule has 186 valence electrons. The fourth-order valence-corrected chi connectivity index (χ4v) is 5.75. The second-order valence-corrected chi connectivity index (χ2v) is 10.7. The third-order valence-electron chi connectivity index (χ3n) is 7.78. The second kappa shape index (κ2) is 10.9. The van der Waals surface area contributed by atoms with Crippen LogP contribution in [0, 0.1) is 11.8 Å². The van der Waals surface area contributed by atoms with Crippen LogP contribution in [0.15, 0.2) is 42.7 Å². The van der Waals surface area contributed by atoms with Gasteiger partial charge in [0.25, 0.3) is 0 Å². The zero-order valence-electron chi connectivity index (χ0n) is 21.2. The molecule has 5 rings (SSSR count). The van der Waals surface area contributed by atoms with Crippen molar-refractivity contribution in [3.63, 3.8) is 0 Å². The number of pyridine rings is 2. The van der Waals surface area contributed by atoms with Crippen molar-refractivity contribution in [3.05, 3.63) is 59.5 Å². The summed E-state index contributed by atoms with van der Waals surface area (Å²) in [5.74, 6) is 2.30. The summed E-state index contributed by atoms with van der Waals surface area (Å²) in [5.41, 5.74) is 4.28. The average Bonchev–Trinajstić information content (AvgIpc) is 3.19. The number of ketones is 1. The maximum Gasteiger partial charge on any atom is 0.213 e. The van der Waals surface area contributed by atoms with Crippen LogP contribution in [0.2, 0.25) is 0 Å². The Morgan fingerprint density at radius 1 is 1.06 bits per heavy atom. The molecule has 3 aromatic heterocycles. The highest BCUT2D eigenvalue weighted by Crippen LogP contribution is 2.34. The lowest BCUT2D eigenvalue weighted by Gasteiger charge is -2.30. The number of carbonyl (C=O) groups is 1. The Balaban J connectivity index is 1.06. The second-order valence-electron chi connectivity index (χ2n) is 10.7. The minimum Gasteiger partial charge on any atom is -0.475 e. The zero-order chi connectivity index (χ0) is 24.2. The molecule has 0 amide bonds. The summed E-state index contributed by atoms with van der Waals surface area (Å²) in [6.07, 6.45) is 12.6. The molecule has 6 nitrogen and oxygen atoms in total. The van der Waals surface area contributed by atoms with E-state index >= 15 is 0 Å². The van der Waals surface area contributed by atoms with Gasteiger partial charge in [0.15, 0.2) is 5.78 Å². The standard InChI is InChI=1S/C29H38N4O2/c1-21(2)35-29-11-10-24-13-17-32(18-14-26(24)31-29)16-12-22-6-8-23(9-7-22)19-28(34)25-20-30-33-15-4-3-5-27(25)33/h3-5,10-11,15,20-23H,6-9,12-14,16-19H2,1-2H3. The van der Waals surface area contributed by atoms with Crippen LogP contribution < -0.4 is 4.74 Å². The van der Waals surface area contributed by atoms with E-state index in [2.05, 4.69) is 16.1 Å². The molecule has 0 N–H and O–H groups in total. The molecule has 4 heterocycles. The first kappa shape index (κ1) is 24.0. The fourth-order valence-electron chi connectivity index (χ4n) is 5.75. The molecular formula is C29H38N4O2. The van der Waals surface area contributed by atoms with Crippen LogP contribution in [0.4, 0.5) is 0 Å². The van der Waals surface area contributed by atoms with Crippen molar-refractivity contribution in [1.29, 1.82) is 0 Å². The fraction of sp³-hybridized carbons (Fsp3) is 0.552. The summed E-state index contributed by atoms with van der Waals surface area (Å²) >= 11 is 0. The van der Waals surface area contributed by atoms with Gasteiger partial charge in [-0.2, -0.15) is 5.10 Å². The average molecular weight is 475 g/mol. The van der Waals surface area contributed by atoms with Gasteiger partial charge < -0.3 is 9.64 Å². The smallest absolute Gasteiger partial charge is 0.213 e. The number of fused-ring (bicyclic) bond motifs is 2. The third-order valence-corrected chi connectivity index (χ3v) is 7.78. The summed E-state index contributed by atoms with van der Waals surface area (Å²) in [7, 11) is 0. The van der Waals surface area contributed by atoms with Gasteiger partial charge in [0, 0.05) is 43.9 Å². The Morgan fingerprint density at radius 3 is 2.69 bits per heavy atom. The maximum absolute atomic E-state index is 12.9. The van der Waals surface area contributed by atoms with Gasteiger partial charge in [-0.05, 0) is 75.6 Å². The van der Waals surface area contributed by atoms with Crippen molar-refractivity contribution in [2.24, 2.45) is 11.8 Å². The van der Waals surface area contributed by atoms with Crippen molar-refractivity contribution >= 4 is 11.3 Å². The first-order valence-electron chi connectivity index (χ1n) is 13.4. The Hall–Kier alpha value is -2.73. The number of Topliss-reactive ketones (excluding diaryl/α,β-unsaturated/α-hetero) is 1. The molecule has 1 saturated carbocycles. The largest absolute Gasteiger partial charge is 0.475 e. The summed E-state index contributed by atoms with van der Waals surface area (Å²) in [5, 5.41) is 4.33. The molecule has 0 saturated heterocycles. The van der Waals surface area contributed by atoms with Crippen LogP contribution in [-0.4, -0.2) is 51.0 Å². The highest BCUT2D eigenvalue weighted by molar-refractivity contribution is 6.02. The highest BCUT2D eigenvalue weighted by Gasteiger charge is 2.25. The molecule has 3 aromatic rings. The Kier molecular flexibility index (Phi) is 7.47. The van der Waals surface area contributed by atoms with Gasteiger partial charge in [0.1, 0.15) is 0 Å². The molecule has 0 atom stereocenters. The van der Waals surface area contributed by atoms with E-state index in [1.165, 1.54) is 49.9 Å². The predicted octanol–water partition coefficient (Wildman–Crippen LogP) is 5.39. The van der Waals surface area contributed by atoms with Gasteiger partial charge in [0.2, 0.25) is 5.88 Å². The van der Waals surface area contributed by atoms with Gasteiger partial charge in [0.05, 0.1) is 23.4 Å². The van der Waals surface area contributed by atoms with E-state index in [-0.39, 0.29) is 11.9 Å². The van der Waals surface area contributed by atoms with E-state index in [4.69, 9.17) is 9.72 Å². The summed E-state index contributed by atoms with van der Waals surface area (Å²) in [6.45, 7) is 7.45. The highest BCUT2D eigenvalue weighted by atomic mass is 16.5.